The Morgan fingerprint density at radius 2 is 2.16 bits per heavy atom. The molecule has 1 saturated carbocycles. The average molecular weight is 265 g/mol. The van der Waals surface area contributed by atoms with Crippen molar-refractivity contribution in [2.45, 2.75) is 39.2 Å². The van der Waals surface area contributed by atoms with Crippen LogP contribution in [-0.4, -0.2) is 18.1 Å². The number of rotatable bonds is 4. The summed E-state index contributed by atoms with van der Waals surface area (Å²) in [5, 5.41) is 3.17. The minimum absolute atomic E-state index is 0.241. The molecule has 0 aromatic heterocycles. The first-order valence-corrected chi connectivity index (χ1v) is 6.68. The molecule has 0 atom stereocenters. The molecule has 104 valence electrons. The van der Waals surface area contributed by atoms with E-state index in [2.05, 4.69) is 12.2 Å². The number of hydrogen-bond donors (Lipinski definition) is 1. The molecule has 0 bridgehead atoms. The summed E-state index contributed by atoms with van der Waals surface area (Å²) in [6, 6.07) is 4.72. The molecule has 0 aliphatic heterocycles. The number of nitrogens with one attached hydrogen (secondary N) is 1. The number of benzene rings is 1. The van der Waals surface area contributed by atoms with Crippen LogP contribution in [0.2, 0.25) is 0 Å². The third-order valence-electron chi connectivity index (χ3n) is 3.49. The van der Waals surface area contributed by atoms with Crippen LogP contribution >= 0.6 is 0 Å². The number of esters is 1. The van der Waals surface area contributed by atoms with E-state index in [1.807, 2.05) is 13.0 Å². The molecule has 0 amide bonds. The Bertz CT molecular complexity index is 461. The first-order chi connectivity index (χ1) is 8.95. The van der Waals surface area contributed by atoms with Crippen molar-refractivity contribution in [1.29, 1.82) is 0 Å². The fourth-order valence-corrected chi connectivity index (χ4v) is 2.80. The summed E-state index contributed by atoms with van der Waals surface area (Å²) in [6.45, 7) is 6.07. The fraction of sp³-hybridized carbons (Fsp3) is 0.533. The lowest BCUT2D eigenvalue weighted by atomic mass is 9.69. The predicted molar refractivity (Wildman–Crippen MR) is 72.5 cm³/mol. The zero-order valence-electron chi connectivity index (χ0n) is 11.6. The lowest BCUT2D eigenvalue weighted by Gasteiger charge is -2.45. The van der Waals surface area contributed by atoms with Gasteiger partial charge in [0, 0.05) is 5.69 Å². The highest BCUT2D eigenvalue weighted by atomic mass is 19.1. The Kier molecular flexibility index (Phi) is 3.78. The average Bonchev–Trinajstić information content (AvgIpc) is 2.25. The number of hydrogen-bond acceptors (Lipinski definition) is 3. The van der Waals surface area contributed by atoms with Crippen molar-refractivity contribution in [2.24, 2.45) is 5.92 Å². The molecule has 0 saturated heterocycles. The van der Waals surface area contributed by atoms with E-state index >= 15 is 0 Å². The van der Waals surface area contributed by atoms with Crippen LogP contribution in [-0.2, 0) is 9.53 Å². The standard InChI is InChI=1S/C15H20FNO2/c1-4-19-14(18)15(8-11(3)9-15)17-13-6-10(2)5-12(16)7-13/h5-7,11,17H,4,8-9H2,1-3H3. The Balaban J connectivity index is 2.19. The van der Waals surface area contributed by atoms with E-state index in [1.54, 1.807) is 6.92 Å². The van der Waals surface area contributed by atoms with Crippen molar-refractivity contribution in [1.82, 2.24) is 0 Å². The molecule has 1 fully saturated rings. The second-order valence-electron chi connectivity index (χ2n) is 5.46. The third kappa shape index (κ3) is 2.88. The summed E-state index contributed by atoms with van der Waals surface area (Å²) in [4.78, 5) is 12.1. The van der Waals surface area contributed by atoms with Crippen molar-refractivity contribution in [3.63, 3.8) is 0 Å². The first-order valence-electron chi connectivity index (χ1n) is 6.68. The highest BCUT2D eigenvalue weighted by molar-refractivity contribution is 5.86. The quantitative estimate of drug-likeness (QED) is 0.849. The van der Waals surface area contributed by atoms with Gasteiger partial charge in [0.25, 0.3) is 0 Å². The molecule has 1 aliphatic carbocycles. The van der Waals surface area contributed by atoms with Gasteiger partial charge < -0.3 is 10.1 Å². The van der Waals surface area contributed by atoms with Gasteiger partial charge in [0.05, 0.1) is 6.61 Å². The van der Waals surface area contributed by atoms with Gasteiger partial charge in [-0.1, -0.05) is 6.92 Å². The molecule has 1 aromatic rings. The number of aryl methyl sites for hydroxylation is 1. The zero-order chi connectivity index (χ0) is 14.0. The van der Waals surface area contributed by atoms with E-state index in [-0.39, 0.29) is 11.8 Å². The molecule has 0 heterocycles. The van der Waals surface area contributed by atoms with Gasteiger partial charge in [-0.2, -0.15) is 0 Å². The Morgan fingerprint density at radius 1 is 1.47 bits per heavy atom. The number of anilines is 1. The molecule has 2 rings (SSSR count). The summed E-state index contributed by atoms with van der Waals surface area (Å²) in [5.74, 6) is -0.0598. The second kappa shape index (κ2) is 5.19. The van der Waals surface area contributed by atoms with Crippen LogP contribution < -0.4 is 5.32 Å². The Hall–Kier alpha value is -1.58. The lowest BCUT2D eigenvalue weighted by Crippen LogP contribution is -2.56. The Labute approximate surface area is 113 Å². The second-order valence-corrected chi connectivity index (χ2v) is 5.46. The van der Waals surface area contributed by atoms with Crippen LogP contribution in [0, 0.1) is 18.7 Å². The van der Waals surface area contributed by atoms with Crippen LogP contribution in [0.5, 0.6) is 0 Å². The van der Waals surface area contributed by atoms with E-state index in [1.165, 1.54) is 12.1 Å². The maximum atomic E-state index is 13.4. The summed E-state index contributed by atoms with van der Waals surface area (Å²) in [5.41, 5.74) is 0.779. The number of ether oxygens (including phenoxy) is 1. The summed E-state index contributed by atoms with van der Waals surface area (Å²) < 4.78 is 18.5. The molecule has 4 heteroatoms. The fourth-order valence-electron chi connectivity index (χ4n) is 2.80. The van der Waals surface area contributed by atoms with Crippen LogP contribution in [0.15, 0.2) is 18.2 Å². The molecule has 3 nitrogen and oxygen atoms in total. The van der Waals surface area contributed by atoms with Crippen LogP contribution in [0.3, 0.4) is 0 Å². The van der Waals surface area contributed by atoms with Crippen LogP contribution in [0.25, 0.3) is 0 Å². The maximum Gasteiger partial charge on any atom is 0.331 e. The summed E-state index contributed by atoms with van der Waals surface area (Å²) in [7, 11) is 0. The summed E-state index contributed by atoms with van der Waals surface area (Å²) in [6.07, 6.45) is 1.45. The van der Waals surface area contributed by atoms with E-state index in [0.29, 0.717) is 18.2 Å². The highest BCUT2D eigenvalue weighted by Crippen LogP contribution is 2.41. The molecule has 0 radical (unpaired) electrons. The normalized spacial score (nSPS) is 25.6. The van der Waals surface area contributed by atoms with Gasteiger partial charge in [0.1, 0.15) is 11.4 Å². The third-order valence-corrected chi connectivity index (χ3v) is 3.49. The van der Waals surface area contributed by atoms with Crippen molar-refractivity contribution < 1.29 is 13.9 Å². The van der Waals surface area contributed by atoms with Gasteiger partial charge in [-0.15, -0.1) is 0 Å². The lowest BCUT2D eigenvalue weighted by molar-refractivity contribution is -0.153. The SMILES string of the molecule is CCOC(=O)C1(Nc2cc(C)cc(F)c2)CC(C)C1. The topological polar surface area (TPSA) is 38.3 Å². The number of halogens is 1. The van der Waals surface area contributed by atoms with E-state index in [9.17, 15) is 9.18 Å². The summed E-state index contributed by atoms with van der Waals surface area (Å²) >= 11 is 0. The van der Waals surface area contributed by atoms with E-state index in [4.69, 9.17) is 4.74 Å². The van der Waals surface area contributed by atoms with Crippen LogP contribution in [0.4, 0.5) is 10.1 Å². The highest BCUT2D eigenvalue weighted by Gasteiger charge is 2.49. The van der Waals surface area contributed by atoms with Crippen molar-refractivity contribution >= 4 is 11.7 Å². The van der Waals surface area contributed by atoms with E-state index in [0.717, 1.165) is 18.4 Å². The Morgan fingerprint density at radius 3 is 2.68 bits per heavy atom. The monoisotopic (exact) mass is 265 g/mol. The minimum atomic E-state index is -0.685. The number of carbonyl (C=O) groups is 1. The first kappa shape index (κ1) is 13.8. The van der Waals surface area contributed by atoms with Gasteiger partial charge in [0.15, 0.2) is 0 Å². The minimum Gasteiger partial charge on any atom is -0.464 e. The van der Waals surface area contributed by atoms with Crippen LogP contribution in [0.1, 0.15) is 32.3 Å². The maximum absolute atomic E-state index is 13.4. The molecule has 0 unspecified atom stereocenters. The predicted octanol–water partition coefficient (Wildman–Crippen LogP) is 3.28. The van der Waals surface area contributed by atoms with Gasteiger partial charge in [0.2, 0.25) is 0 Å². The van der Waals surface area contributed by atoms with Crippen molar-refractivity contribution in [2.75, 3.05) is 11.9 Å². The van der Waals surface area contributed by atoms with E-state index < -0.39 is 5.54 Å². The molecule has 1 N–H and O–H groups in total. The van der Waals surface area contributed by atoms with Gasteiger partial charge >= 0.3 is 5.97 Å². The molecular weight excluding hydrogens is 245 g/mol. The zero-order valence-corrected chi connectivity index (χ0v) is 11.6. The molecule has 1 aromatic carbocycles. The molecular formula is C15H20FNO2. The molecule has 0 spiro atoms. The van der Waals surface area contributed by atoms with Gasteiger partial charge in [-0.3, -0.25) is 0 Å². The largest absolute Gasteiger partial charge is 0.464 e. The molecule has 19 heavy (non-hydrogen) atoms. The molecule has 1 aliphatic rings. The van der Waals surface area contributed by atoms with Crippen molar-refractivity contribution in [3.05, 3.63) is 29.6 Å². The number of carbonyl (C=O) groups excluding carboxylic acids is 1. The van der Waals surface area contributed by atoms with Gasteiger partial charge in [-0.25, -0.2) is 9.18 Å². The van der Waals surface area contributed by atoms with Gasteiger partial charge in [-0.05, 0) is 56.4 Å². The smallest absolute Gasteiger partial charge is 0.331 e. The van der Waals surface area contributed by atoms with Crippen molar-refractivity contribution in [3.8, 4) is 0 Å².